The van der Waals surface area contributed by atoms with Crippen LogP contribution in [0.25, 0.3) is 0 Å². The summed E-state index contributed by atoms with van der Waals surface area (Å²) in [4.78, 5) is 51.8. The molecule has 0 radical (unpaired) electrons. The number of benzene rings is 1. The summed E-state index contributed by atoms with van der Waals surface area (Å²) in [5, 5.41) is 5.81. The van der Waals surface area contributed by atoms with E-state index >= 15 is 0 Å². The second-order valence-corrected chi connectivity index (χ2v) is 12.0. The molecule has 1 saturated carbocycles. The van der Waals surface area contributed by atoms with Gasteiger partial charge in [-0.3, -0.25) is 14.4 Å². The van der Waals surface area contributed by atoms with Crippen LogP contribution in [-0.4, -0.2) is 94.2 Å². The number of nitrogens with one attached hydrogen (secondary N) is 2. The third kappa shape index (κ3) is 6.90. The van der Waals surface area contributed by atoms with E-state index in [4.69, 9.17) is 5.73 Å². The average molecular weight is 617 g/mol. The molecule has 238 valence electrons. The number of rotatable bonds is 8. The Kier molecular flexibility index (Phi) is 9.28. The van der Waals surface area contributed by atoms with E-state index in [9.17, 15) is 27.6 Å². The van der Waals surface area contributed by atoms with Crippen molar-refractivity contribution >= 4 is 35.2 Å². The van der Waals surface area contributed by atoms with Crippen molar-refractivity contribution in [1.82, 2.24) is 24.7 Å². The van der Waals surface area contributed by atoms with Crippen molar-refractivity contribution in [2.45, 2.75) is 69.2 Å². The van der Waals surface area contributed by atoms with Crippen molar-refractivity contribution in [2.24, 2.45) is 11.7 Å². The fourth-order valence-electron chi connectivity index (χ4n) is 6.48. The van der Waals surface area contributed by atoms with E-state index in [0.717, 1.165) is 25.9 Å². The van der Waals surface area contributed by atoms with Crippen LogP contribution in [0.5, 0.6) is 0 Å². The van der Waals surface area contributed by atoms with Gasteiger partial charge in [-0.1, -0.05) is 6.42 Å². The number of primary amides is 1. The van der Waals surface area contributed by atoms with Gasteiger partial charge in [0.1, 0.15) is 17.4 Å². The molecular weight excluding hydrogens is 577 g/mol. The Morgan fingerprint density at radius 1 is 1.00 bits per heavy atom. The predicted octanol–water partition coefficient (Wildman–Crippen LogP) is 3.46. The normalized spacial score (nSPS) is 23.0. The maximum atomic E-state index is 14.0. The first kappa shape index (κ1) is 31.5. The third-order valence-electron chi connectivity index (χ3n) is 9.06. The molecule has 5 rings (SSSR count). The fraction of sp³-hybridized carbons (Fsp3) is 0.567. The predicted molar refractivity (Wildman–Crippen MR) is 158 cm³/mol. The molecule has 1 aliphatic carbocycles. The lowest BCUT2D eigenvalue weighted by Gasteiger charge is -2.35. The Hall–Kier alpha value is -3.94. The topological polar surface area (TPSA) is 137 Å². The van der Waals surface area contributed by atoms with Gasteiger partial charge in [0.05, 0.1) is 5.92 Å². The Morgan fingerprint density at radius 2 is 1.70 bits per heavy atom. The van der Waals surface area contributed by atoms with Crippen LogP contribution in [0.1, 0.15) is 60.9 Å². The summed E-state index contributed by atoms with van der Waals surface area (Å²) in [7, 11) is 3.87. The highest BCUT2D eigenvalue weighted by molar-refractivity contribution is 5.94. The van der Waals surface area contributed by atoms with Crippen LogP contribution in [0.4, 0.5) is 30.6 Å². The van der Waals surface area contributed by atoms with E-state index in [-0.39, 0.29) is 23.8 Å². The summed E-state index contributed by atoms with van der Waals surface area (Å²) in [5.74, 6) is -2.07. The van der Waals surface area contributed by atoms with Gasteiger partial charge in [-0.05, 0) is 82.9 Å². The van der Waals surface area contributed by atoms with Gasteiger partial charge in [-0.2, -0.15) is 18.2 Å². The molecule has 3 atom stereocenters. The quantitative estimate of drug-likeness (QED) is 0.410. The smallest absolute Gasteiger partial charge is 0.368 e. The second kappa shape index (κ2) is 13.0. The number of alkyl halides is 3. The number of carbonyl (C=O) groups is 3. The number of hydrogen-bond donors (Lipinski definition) is 3. The zero-order chi connectivity index (χ0) is 31.6. The van der Waals surface area contributed by atoms with Gasteiger partial charge in [0.25, 0.3) is 5.91 Å². The van der Waals surface area contributed by atoms with Crippen molar-refractivity contribution < 1.29 is 27.6 Å². The lowest BCUT2D eigenvalue weighted by Crippen LogP contribution is -2.48. The molecule has 14 heteroatoms. The molecule has 3 heterocycles. The Morgan fingerprint density at radius 3 is 2.36 bits per heavy atom. The summed E-state index contributed by atoms with van der Waals surface area (Å²) in [5.41, 5.74) is 5.43. The van der Waals surface area contributed by atoms with E-state index in [2.05, 4.69) is 32.5 Å². The van der Waals surface area contributed by atoms with Crippen molar-refractivity contribution in [1.29, 1.82) is 0 Å². The molecule has 2 aliphatic heterocycles. The van der Waals surface area contributed by atoms with Gasteiger partial charge < -0.3 is 31.1 Å². The molecule has 3 aliphatic rings. The van der Waals surface area contributed by atoms with Crippen LogP contribution in [-0.2, 0) is 15.8 Å². The van der Waals surface area contributed by atoms with Crippen LogP contribution in [0, 0.1) is 5.92 Å². The summed E-state index contributed by atoms with van der Waals surface area (Å²) < 4.78 is 41.9. The monoisotopic (exact) mass is 616 g/mol. The number of halogens is 3. The van der Waals surface area contributed by atoms with E-state index in [1.807, 2.05) is 0 Å². The standard InChI is InChI=1S/C30H39F3N8O3/c1-39-15-12-20(13-16-39)40(2)27(43)18-8-10-19(11-9-18)36-29-35-17-22(30(31,32)33)26(38-29)37-23-6-3-5-21(23)28(44)41-14-4-7-24(41)25(34)42/h8-11,17,20-21,23-24H,3-7,12-16H2,1-2H3,(H2,34,42)(H2,35,36,37,38)/t21-,23+,24-/m0/s1. The SMILES string of the molecule is CN1CCC(N(C)C(=O)c2ccc(Nc3ncc(C(F)(F)F)c(N[C@@H]4CCC[C@@H]4C(=O)N4CCC[C@H]4C(N)=O)n3)cc2)CC1. The lowest BCUT2D eigenvalue weighted by molar-refractivity contribution is -0.140. The van der Waals surface area contributed by atoms with Crippen LogP contribution in [0.2, 0.25) is 0 Å². The Labute approximate surface area is 254 Å². The molecule has 0 unspecified atom stereocenters. The van der Waals surface area contributed by atoms with Crippen molar-refractivity contribution in [3.8, 4) is 0 Å². The van der Waals surface area contributed by atoms with Crippen LogP contribution in [0.3, 0.4) is 0 Å². The maximum absolute atomic E-state index is 14.0. The summed E-state index contributed by atoms with van der Waals surface area (Å²) in [6, 6.07) is 5.49. The Bertz CT molecular complexity index is 1360. The number of nitrogens with two attached hydrogens (primary N) is 1. The minimum Gasteiger partial charge on any atom is -0.368 e. The number of piperidine rings is 1. The number of amides is 3. The Balaban J connectivity index is 1.29. The maximum Gasteiger partial charge on any atom is 0.421 e. The third-order valence-corrected chi connectivity index (χ3v) is 9.06. The largest absolute Gasteiger partial charge is 0.421 e. The number of likely N-dealkylation sites (tertiary alicyclic amines) is 2. The molecule has 3 amide bonds. The first-order valence-corrected chi connectivity index (χ1v) is 15.1. The molecule has 1 aromatic carbocycles. The zero-order valence-corrected chi connectivity index (χ0v) is 24.9. The molecule has 0 spiro atoms. The number of nitrogens with zero attached hydrogens (tertiary/aromatic N) is 5. The zero-order valence-electron chi connectivity index (χ0n) is 24.9. The van der Waals surface area contributed by atoms with Gasteiger partial charge in [0, 0.05) is 43.1 Å². The van der Waals surface area contributed by atoms with Gasteiger partial charge >= 0.3 is 6.18 Å². The number of carbonyl (C=O) groups excluding carboxylic acids is 3. The molecule has 44 heavy (non-hydrogen) atoms. The number of hydrogen-bond acceptors (Lipinski definition) is 8. The fourth-order valence-corrected chi connectivity index (χ4v) is 6.48. The lowest BCUT2D eigenvalue weighted by atomic mass is 10.0. The summed E-state index contributed by atoms with van der Waals surface area (Å²) >= 11 is 0. The number of aromatic nitrogens is 2. The van der Waals surface area contributed by atoms with Gasteiger partial charge in [0.15, 0.2) is 0 Å². The van der Waals surface area contributed by atoms with Crippen molar-refractivity contribution in [3.05, 3.63) is 41.6 Å². The van der Waals surface area contributed by atoms with E-state index in [1.54, 1.807) is 36.2 Å². The van der Waals surface area contributed by atoms with Crippen LogP contribution >= 0.6 is 0 Å². The first-order valence-electron chi connectivity index (χ1n) is 15.1. The first-order chi connectivity index (χ1) is 20.9. The van der Waals surface area contributed by atoms with Gasteiger partial charge in [0.2, 0.25) is 17.8 Å². The molecule has 1 aromatic heterocycles. The molecule has 2 aromatic rings. The minimum absolute atomic E-state index is 0.0720. The summed E-state index contributed by atoms with van der Waals surface area (Å²) in [6.45, 7) is 2.26. The van der Waals surface area contributed by atoms with E-state index < -0.39 is 41.5 Å². The highest BCUT2D eigenvalue weighted by Gasteiger charge is 2.42. The van der Waals surface area contributed by atoms with Crippen LogP contribution in [0.15, 0.2) is 30.5 Å². The molecule has 11 nitrogen and oxygen atoms in total. The van der Waals surface area contributed by atoms with E-state index in [0.29, 0.717) is 56.1 Å². The van der Waals surface area contributed by atoms with Crippen LogP contribution < -0.4 is 16.4 Å². The second-order valence-electron chi connectivity index (χ2n) is 12.0. The summed E-state index contributed by atoms with van der Waals surface area (Å²) in [6.07, 6.45) is 0.505. The van der Waals surface area contributed by atoms with Crippen molar-refractivity contribution in [3.63, 3.8) is 0 Å². The van der Waals surface area contributed by atoms with Gasteiger partial charge in [-0.15, -0.1) is 0 Å². The molecule has 0 bridgehead atoms. The molecule has 4 N–H and O–H groups in total. The van der Waals surface area contributed by atoms with Crippen molar-refractivity contribution in [2.75, 3.05) is 44.4 Å². The molecule has 2 saturated heterocycles. The number of anilines is 3. The minimum atomic E-state index is -4.73. The highest BCUT2D eigenvalue weighted by Crippen LogP contribution is 2.37. The molecule has 3 fully saturated rings. The molecular formula is C30H39F3N8O3. The highest BCUT2D eigenvalue weighted by atomic mass is 19.4. The van der Waals surface area contributed by atoms with Gasteiger partial charge in [-0.25, -0.2) is 4.98 Å². The van der Waals surface area contributed by atoms with E-state index in [1.165, 1.54) is 4.90 Å². The average Bonchev–Trinajstić information content (AvgIpc) is 3.67.